The maximum Gasteiger partial charge on any atom is 0.238 e. The highest BCUT2D eigenvalue weighted by molar-refractivity contribution is 8.02. The molecule has 1 fully saturated rings. The molecule has 210 valence electrons. The Kier molecular flexibility index (Phi) is 5.74. The van der Waals surface area contributed by atoms with Gasteiger partial charge in [-0.15, -0.1) is 0 Å². The number of sulfone groups is 3. The van der Waals surface area contributed by atoms with Gasteiger partial charge in [-0.2, -0.15) is 0 Å². The molecule has 4 aliphatic heterocycles. The topological polar surface area (TPSA) is 112 Å². The number of anilines is 3. The molecule has 4 heterocycles. The van der Waals surface area contributed by atoms with Gasteiger partial charge in [0, 0.05) is 17.1 Å². The molecule has 0 unspecified atom stereocenters. The largest absolute Gasteiger partial charge is 0.290 e. The Labute approximate surface area is 243 Å². The van der Waals surface area contributed by atoms with Crippen molar-refractivity contribution in [1.29, 1.82) is 0 Å². The van der Waals surface area contributed by atoms with E-state index in [9.17, 15) is 25.3 Å². The number of allylic oxidation sites excluding steroid dienone is 6. The van der Waals surface area contributed by atoms with E-state index in [4.69, 9.17) is 0 Å². The van der Waals surface area contributed by atoms with Crippen LogP contribution in [0.25, 0.3) is 0 Å². The van der Waals surface area contributed by atoms with E-state index in [-0.39, 0.29) is 30.2 Å². The van der Waals surface area contributed by atoms with Crippen molar-refractivity contribution in [2.24, 2.45) is 0 Å². The number of hydrogen-bond acceptors (Lipinski definition) is 9. The summed E-state index contributed by atoms with van der Waals surface area (Å²) in [5.41, 5.74) is 0.903. The summed E-state index contributed by atoms with van der Waals surface area (Å²) in [6.45, 7) is 0. The van der Waals surface area contributed by atoms with E-state index in [0.717, 1.165) is 0 Å². The van der Waals surface area contributed by atoms with Gasteiger partial charge in [-0.1, -0.05) is 54.6 Å². The van der Waals surface area contributed by atoms with Crippen molar-refractivity contribution >= 4 is 46.6 Å². The van der Waals surface area contributed by atoms with Gasteiger partial charge in [-0.05, 0) is 72.9 Å². The third kappa shape index (κ3) is 3.69. The number of hydrogen-bond donors (Lipinski definition) is 0. The molecule has 1 saturated heterocycles. The molecule has 0 saturated carbocycles. The number of fused-ring (bicyclic) bond motifs is 6. The van der Waals surface area contributed by atoms with Gasteiger partial charge in [0.25, 0.3) is 0 Å². The van der Waals surface area contributed by atoms with E-state index in [0.29, 0.717) is 17.1 Å². The molecule has 0 radical (unpaired) electrons. The Hall–Kier alpha value is -4.65. The van der Waals surface area contributed by atoms with Gasteiger partial charge in [0.2, 0.25) is 29.5 Å². The van der Waals surface area contributed by atoms with E-state index in [1.54, 1.807) is 91.0 Å². The summed E-state index contributed by atoms with van der Waals surface area (Å²) >= 11 is 0. The molecule has 3 aromatic rings. The SMILES string of the molecule is O=S1(=O)C2=CC=C1N(c1ccccc1)C1=CC=C(N(c3ccccc3)C3=CC=C(N2c2ccccc2)S3(=O)=O)S1(=O)=O. The number of rotatable bonds is 3. The molecule has 6 bridgehead atoms. The van der Waals surface area contributed by atoms with Crippen LogP contribution in [0.5, 0.6) is 0 Å². The molecular weight excluding hydrogens is 595 g/mol. The zero-order valence-electron chi connectivity index (χ0n) is 21.6. The van der Waals surface area contributed by atoms with Crippen LogP contribution in [0.15, 0.2) is 158 Å². The minimum atomic E-state index is -4.46. The highest BCUT2D eigenvalue weighted by atomic mass is 32.2. The van der Waals surface area contributed by atoms with E-state index >= 15 is 0 Å². The van der Waals surface area contributed by atoms with Crippen molar-refractivity contribution in [3.63, 3.8) is 0 Å². The van der Waals surface area contributed by atoms with E-state index in [1.807, 2.05) is 0 Å². The Morgan fingerprint density at radius 3 is 0.690 bits per heavy atom. The zero-order chi connectivity index (χ0) is 29.3. The van der Waals surface area contributed by atoms with Crippen molar-refractivity contribution < 1.29 is 25.3 Å². The second-order valence-electron chi connectivity index (χ2n) is 9.55. The fourth-order valence-electron chi connectivity index (χ4n) is 5.28. The lowest BCUT2D eigenvalue weighted by Gasteiger charge is -2.33. The summed E-state index contributed by atoms with van der Waals surface area (Å²) in [6, 6.07) is 24.9. The Morgan fingerprint density at radius 1 is 0.310 bits per heavy atom. The monoisotopic (exact) mass is 615 g/mol. The van der Waals surface area contributed by atoms with Gasteiger partial charge in [-0.3, -0.25) is 14.7 Å². The average molecular weight is 616 g/mol. The number of para-hydroxylation sites is 3. The lowest BCUT2D eigenvalue weighted by Crippen LogP contribution is -2.38. The second kappa shape index (κ2) is 9.18. The standard InChI is InChI=1S/C30H21N3O6S3/c34-40(35)25-16-18-27(40)32(23-12-6-2-7-13-23)29-20-21-30(42(29,38)39)33(24-14-8-3-9-15-24)28-19-17-26(41(28,36)37)31(25)22-10-4-1-5-11-22/h1-21H. The lowest BCUT2D eigenvalue weighted by molar-refractivity contribution is 0.603. The van der Waals surface area contributed by atoms with Gasteiger partial charge in [0.1, 0.15) is 30.2 Å². The van der Waals surface area contributed by atoms with Crippen molar-refractivity contribution in [3.8, 4) is 0 Å². The summed E-state index contributed by atoms with van der Waals surface area (Å²) in [5, 5.41) is -1.97. The van der Waals surface area contributed by atoms with Crippen molar-refractivity contribution in [2.45, 2.75) is 0 Å². The van der Waals surface area contributed by atoms with Gasteiger partial charge >= 0.3 is 0 Å². The summed E-state index contributed by atoms with van der Waals surface area (Å²) in [6.07, 6.45) is 7.78. The fraction of sp³-hybridized carbons (Fsp3) is 0. The molecule has 12 heteroatoms. The minimum absolute atomic E-state index is 0.301. The normalized spacial score (nSPS) is 21.3. The Morgan fingerprint density at radius 2 is 0.500 bits per heavy atom. The number of benzene rings is 3. The van der Waals surface area contributed by atoms with Crippen LogP contribution >= 0.6 is 0 Å². The summed E-state index contributed by atoms with van der Waals surface area (Å²) in [7, 11) is -13.4. The van der Waals surface area contributed by atoms with Crippen LogP contribution in [0.1, 0.15) is 0 Å². The third-order valence-electron chi connectivity index (χ3n) is 7.12. The first-order valence-corrected chi connectivity index (χ1v) is 17.2. The van der Waals surface area contributed by atoms with Crippen LogP contribution in [0.4, 0.5) is 17.1 Å². The maximum atomic E-state index is 14.3. The Balaban J connectivity index is 1.54. The molecule has 0 amide bonds. The average Bonchev–Trinajstić information content (AvgIpc) is 3.57. The summed E-state index contributed by atoms with van der Waals surface area (Å²) in [5.74, 6) is 0. The molecule has 7 rings (SSSR count). The molecule has 4 aliphatic rings. The molecule has 0 N–H and O–H groups in total. The lowest BCUT2D eigenvalue weighted by atomic mass is 10.3. The van der Waals surface area contributed by atoms with E-state index in [1.165, 1.54) is 51.2 Å². The molecule has 3 aromatic carbocycles. The molecular formula is C30H21N3O6S3. The highest BCUT2D eigenvalue weighted by Gasteiger charge is 2.49. The quantitative estimate of drug-likeness (QED) is 0.408. The van der Waals surface area contributed by atoms with Crippen LogP contribution in [0.3, 0.4) is 0 Å². The highest BCUT2D eigenvalue weighted by Crippen LogP contribution is 2.47. The molecule has 0 aromatic heterocycles. The second-order valence-corrected chi connectivity index (χ2v) is 15.1. The van der Waals surface area contributed by atoms with Gasteiger partial charge < -0.3 is 0 Å². The Bertz CT molecular complexity index is 1840. The molecule has 0 atom stereocenters. The predicted molar refractivity (Wildman–Crippen MR) is 162 cm³/mol. The maximum absolute atomic E-state index is 14.3. The summed E-state index contributed by atoms with van der Waals surface area (Å²) < 4.78 is 86.0. The van der Waals surface area contributed by atoms with Gasteiger partial charge in [0.15, 0.2) is 0 Å². The summed E-state index contributed by atoms with van der Waals surface area (Å²) in [4.78, 5) is 3.56. The fourth-order valence-corrected chi connectivity index (χ4v) is 10.2. The van der Waals surface area contributed by atoms with Gasteiger partial charge in [0.05, 0.1) is 0 Å². The molecule has 42 heavy (non-hydrogen) atoms. The molecule has 0 spiro atoms. The predicted octanol–water partition coefficient (Wildman–Crippen LogP) is 4.85. The van der Waals surface area contributed by atoms with Crippen LogP contribution in [0.2, 0.25) is 0 Å². The first-order valence-electron chi connectivity index (χ1n) is 12.7. The molecule has 0 aliphatic carbocycles. The molecule has 9 nitrogen and oxygen atoms in total. The first-order chi connectivity index (χ1) is 20.1. The zero-order valence-corrected chi connectivity index (χ0v) is 24.1. The van der Waals surface area contributed by atoms with Crippen LogP contribution in [-0.2, 0) is 29.5 Å². The third-order valence-corrected chi connectivity index (χ3v) is 12.3. The minimum Gasteiger partial charge on any atom is -0.290 e. The number of nitrogens with zero attached hydrogens (tertiary/aromatic N) is 3. The van der Waals surface area contributed by atoms with Crippen LogP contribution in [0, 0.1) is 0 Å². The van der Waals surface area contributed by atoms with Crippen molar-refractivity contribution in [1.82, 2.24) is 0 Å². The van der Waals surface area contributed by atoms with E-state index in [2.05, 4.69) is 0 Å². The van der Waals surface area contributed by atoms with E-state index < -0.39 is 29.5 Å². The first kappa shape index (κ1) is 26.3. The van der Waals surface area contributed by atoms with Crippen LogP contribution < -0.4 is 14.7 Å². The van der Waals surface area contributed by atoms with Gasteiger partial charge in [-0.25, -0.2) is 25.3 Å². The van der Waals surface area contributed by atoms with Crippen molar-refractivity contribution in [3.05, 3.63) is 158 Å². The van der Waals surface area contributed by atoms with Crippen molar-refractivity contribution in [2.75, 3.05) is 14.7 Å². The van der Waals surface area contributed by atoms with Crippen LogP contribution in [-0.4, -0.2) is 25.3 Å². The smallest absolute Gasteiger partial charge is 0.238 e.